The molecule has 1 atom stereocenters. The van der Waals surface area contributed by atoms with Crippen molar-refractivity contribution in [2.24, 2.45) is 0 Å². The first-order valence-electron chi connectivity index (χ1n) is 5.18. The first-order chi connectivity index (χ1) is 7.65. The molecule has 0 radical (unpaired) electrons. The van der Waals surface area contributed by atoms with E-state index in [2.05, 4.69) is 0 Å². The first-order valence-corrected chi connectivity index (χ1v) is 5.18. The predicted molar refractivity (Wildman–Crippen MR) is 59.5 cm³/mol. The van der Waals surface area contributed by atoms with Crippen LogP contribution in [0, 0.1) is 5.82 Å². The molecule has 0 saturated carbocycles. The van der Waals surface area contributed by atoms with Crippen molar-refractivity contribution in [1.29, 1.82) is 0 Å². The standard InChI is InChI=1S/C13H13FO2/c1-9(15)8-12-6-7-13(16-12)10-2-4-11(14)5-3-10/h2-7,9,15H,8H2,1H3/t9-/m1/s1. The summed E-state index contributed by atoms with van der Waals surface area (Å²) < 4.78 is 18.3. The summed E-state index contributed by atoms with van der Waals surface area (Å²) >= 11 is 0. The molecule has 1 aromatic carbocycles. The van der Waals surface area contributed by atoms with Gasteiger partial charge in [0.2, 0.25) is 0 Å². The van der Waals surface area contributed by atoms with Gasteiger partial charge in [-0.05, 0) is 43.3 Å². The average Bonchev–Trinajstić information content (AvgIpc) is 2.66. The van der Waals surface area contributed by atoms with E-state index in [-0.39, 0.29) is 5.82 Å². The van der Waals surface area contributed by atoms with Crippen LogP contribution in [0.4, 0.5) is 4.39 Å². The van der Waals surface area contributed by atoms with E-state index in [1.54, 1.807) is 19.1 Å². The van der Waals surface area contributed by atoms with Crippen molar-refractivity contribution in [3.05, 3.63) is 48.0 Å². The lowest BCUT2D eigenvalue weighted by Crippen LogP contribution is -2.02. The predicted octanol–water partition coefficient (Wildman–Crippen LogP) is 3.01. The van der Waals surface area contributed by atoms with E-state index < -0.39 is 6.10 Å². The SMILES string of the molecule is C[C@@H](O)Cc1ccc(-c2ccc(F)cc2)o1. The zero-order chi connectivity index (χ0) is 11.5. The van der Waals surface area contributed by atoms with Crippen molar-refractivity contribution in [2.45, 2.75) is 19.4 Å². The Kier molecular flexibility index (Phi) is 3.06. The number of benzene rings is 1. The van der Waals surface area contributed by atoms with Crippen LogP contribution < -0.4 is 0 Å². The molecule has 0 saturated heterocycles. The molecule has 2 rings (SSSR count). The largest absolute Gasteiger partial charge is 0.461 e. The normalized spacial score (nSPS) is 12.7. The molecule has 2 aromatic rings. The lowest BCUT2D eigenvalue weighted by atomic mass is 10.2. The molecule has 0 amide bonds. The average molecular weight is 220 g/mol. The van der Waals surface area contributed by atoms with Gasteiger partial charge in [0.15, 0.2) is 0 Å². The summed E-state index contributed by atoms with van der Waals surface area (Å²) in [7, 11) is 0. The van der Waals surface area contributed by atoms with Crippen molar-refractivity contribution in [3.8, 4) is 11.3 Å². The van der Waals surface area contributed by atoms with Gasteiger partial charge in [-0.15, -0.1) is 0 Å². The van der Waals surface area contributed by atoms with Crippen LogP contribution in [-0.4, -0.2) is 11.2 Å². The molecule has 0 aliphatic carbocycles. The van der Waals surface area contributed by atoms with Gasteiger partial charge >= 0.3 is 0 Å². The Morgan fingerprint density at radius 1 is 1.19 bits per heavy atom. The third kappa shape index (κ3) is 2.49. The lowest BCUT2D eigenvalue weighted by Gasteiger charge is -2.00. The van der Waals surface area contributed by atoms with Crippen LogP contribution in [0.25, 0.3) is 11.3 Å². The molecule has 3 heteroatoms. The van der Waals surface area contributed by atoms with Gasteiger partial charge in [0.1, 0.15) is 17.3 Å². The molecule has 1 N–H and O–H groups in total. The van der Waals surface area contributed by atoms with Gasteiger partial charge in [-0.3, -0.25) is 0 Å². The number of rotatable bonds is 3. The van der Waals surface area contributed by atoms with Crippen LogP contribution in [0.3, 0.4) is 0 Å². The Bertz CT molecular complexity index is 457. The monoisotopic (exact) mass is 220 g/mol. The van der Waals surface area contributed by atoms with Gasteiger partial charge in [0.05, 0.1) is 6.10 Å². The van der Waals surface area contributed by atoms with Crippen LogP contribution >= 0.6 is 0 Å². The van der Waals surface area contributed by atoms with Gasteiger partial charge in [-0.1, -0.05) is 0 Å². The highest BCUT2D eigenvalue weighted by Crippen LogP contribution is 2.22. The van der Waals surface area contributed by atoms with Crippen molar-refractivity contribution in [1.82, 2.24) is 0 Å². The Morgan fingerprint density at radius 3 is 2.50 bits per heavy atom. The summed E-state index contributed by atoms with van der Waals surface area (Å²) in [6.07, 6.45) is 0.0634. The maximum absolute atomic E-state index is 12.7. The van der Waals surface area contributed by atoms with Gasteiger partial charge < -0.3 is 9.52 Å². The maximum atomic E-state index is 12.7. The number of aliphatic hydroxyl groups excluding tert-OH is 1. The Labute approximate surface area is 93.3 Å². The van der Waals surface area contributed by atoms with Crippen molar-refractivity contribution in [2.75, 3.05) is 0 Å². The highest BCUT2D eigenvalue weighted by Gasteiger charge is 2.06. The Hall–Kier alpha value is -1.61. The fourth-order valence-corrected chi connectivity index (χ4v) is 1.55. The Morgan fingerprint density at radius 2 is 1.88 bits per heavy atom. The molecule has 0 unspecified atom stereocenters. The zero-order valence-electron chi connectivity index (χ0n) is 8.98. The second kappa shape index (κ2) is 4.49. The van der Waals surface area contributed by atoms with Crippen LogP contribution in [0.5, 0.6) is 0 Å². The van der Waals surface area contributed by atoms with Crippen LogP contribution in [-0.2, 0) is 6.42 Å². The molecule has 2 nitrogen and oxygen atoms in total. The molecule has 0 bridgehead atoms. The van der Waals surface area contributed by atoms with E-state index in [1.807, 2.05) is 12.1 Å². The van der Waals surface area contributed by atoms with E-state index in [1.165, 1.54) is 12.1 Å². The van der Waals surface area contributed by atoms with Crippen molar-refractivity contribution in [3.63, 3.8) is 0 Å². The summed E-state index contributed by atoms with van der Waals surface area (Å²) in [6.45, 7) is 1.71. The summed E-state index contributed by atoms with van der Waals surface area (Å²) in [5, 5.41) is 9.21. The van der Waals surface area contributed by atoms with Gasteiger partial charge in [-0.2, -0.15) is 0 Å². The molecule has 1 heterocycles. The lowest BCUT2D eigenvalue weighted by molar-refractivity contribution is 0.187. The first kappa shape index (κ1) is 10.9. The molecular weight excluding hydrogens is 207 g/mol. The minimum Gasteiger partial charge on any atom is -0.461 e. The van der Waals surface area contributed by atoms with Gasteiger partial charge in [0, 0.05) is 12.0 Å². The molecule has 84 valence electrons. The smallest absolute Gasteiger partial charge is 0.134 e. The van der Waals surface area contributed by atoms with Crippen molar-refractivity contribution < 1.29 is 13.9 Å². The number of furan rings is 1. The summed E-state index contributed by atoms with van der Waals surface area (Å²) in [6, 6.07) is 9.77. The number of halogens is 1. The second-order valence-corrected chi connectivity index (χ2v) is 3.83. The quantitative estimate of drug-likeness (QED) is 0.862. The molecule has 0 aliphatic heterocycles. The van der Waals surface area contributed by atoms with Crippen LogP contribution in [0.2, 0.25) is 0 Å². The molecule has 0 spiro atoms. The third-order valence-corrected chi connectivity index (χ3v) is 2.29. The Balaban J connectivity index is 2.21. The highest BCUT2D eigenvalue weighted by atomic mass is 19.1. The summed E-state index contributed by atoms with van der Waals surface area (Å²) in [4.78, 5) is 0. The van der Waals surface area contributed by atoms with E-state index >= 15 is 0 Å². The van der Waals surface area contributed by atoms with E-state index in [4.69, 9.17) is 4.42 Å². The zero-order valence-corrected chi connectivity index (χ0v) is 8.98. The van der Waals surface area contributed by atoms with Gasteiger partial charge in [-0.25, -0.2) is 4.39 Å². The fourth-order valence-electron chi connectivity index (χ4n) is 1.55. The number of aliphatic hydroxyl groups is 1. The molecule has 16 heavy (non-hydrogen) atoms. The van der Waals surface area contributed by atoms with E-state index in [9.17, 15) is 9.50 Å². The third-order valence-electron chi connectivity index (χ3n) is 2.29. The number of hydrogen-bond donors (Lipinski definition) is 1. The second-order valence-electron chi connectivity index (χ2n) is 3.83. The van der Waals surface area contributed by atoms with Gasteiger partial charge in [0.25, 0.3) is 0 Å². The van der Waals surface area contributed by atoms with E-state index in [0.29, 0.717) is 12.2 Å². The summed E-state index contributed by atoms with van der Waals surface area (Å²) in [5.74, 6) is 1.16. The fraction of sp³-hybridized carbons (Fsp3) is 0.231. The maximum Gasteiger partial charge on any atom is 0.134 e. The minimum absolute atomic E-state index is 0.264. The molecule has 0 aliphatic rings. The molecule has 0 fully saturated rings. The molecule has 1 aromatic heterocycles. The van der Waals surface area contributed by atoms with E-state index in [0.717, 1.165) is 11.3 Å². The minimum atomic E-state index is -0.424. The molecular formula is C13H13FO2. The van der Waals surface area contributed by atoms with Crippen LogP contribution in [0.1, 0.15) is 12.7 Å². The highest BCUT2D eigenvalue weighted by molar-refractivity contribution is 5.57. The summed E-state index contributed by atoms with van der Waals surface area (Å²) in [5.41, 5.74) is 0.832. The number of hydrogen-bond acceptors (Lipinski definition) is 2. The topological polar surface area (TPSA) is 33.4 Å². The van der Waals surface area contributed by atoms with Crippen LogP contribution in [0.15, 0.2) is 40.8 Å². The van der Waals surface area contributed by atoms with Crippen molar-refractivity contribution >= 4 is 0 Å².